The summed E-state index contributed by atoms with van der Waals surface area (Å²) >= 11 is 5.84. The Labute approximate surface area is 168 Å². The van der Waals surface area contributed by atoms with Crippen LogP contribution in [-0.2, 0) is 6.61 Å². The van der Waals surface area contributed by atoms with Gasteiger partial charge < -0.3 is 23.4 Å². The molecule has 0 aliphatic carbocycles. The standard InChI is InChI=1S/C21H13ClO7/c22-12-1-3-13(4-2-12)28-19-11-27-18-9-14(5-7-16(18)20(19)23)26-10-15-6-8-17(29-15)21(24)25/h1-9,11H,10H2,(H,24,25). The molecule has 4 rings (SSSR count). The highest BCUT2D eigenvalue weighted by molar-refractivity contribution is 6.30. The first-order valence-corrected chi connectivity index (χ1v) is 8.81. The summed E-state index contributed by atoms with van der Waals surface area (Å²) in [4.78, 5) is 23.5. The largest absolute Gasteiger partial charge is 0.486 e. The van der Waals surface area contributed by atoms with Crippen molar-refractivity contribution in [3.8, 4) is 17.2 Å². The van der Waals surface area contributed by atoms with E-state index in [4.69, 9.17) is 35.0 Å². The Hall–Kier alpha value is -3.71. The predicted molar refractivity (Wildman–Crippen MR) is 104 cm³/mol. The topological polar surface area (TPSA) is 99.1 Å². The van der Waals surface area contributed by atoms with Gasteiger partial charge in [0.1, 0.15) is 35.7 Å². The van der Waals surface area contributed by atoms with Crippen LogP contribution in [0, 0.1) is 0 Å². The molecule has 7 nitrogen and oxygen atoms in total. The van der Waals surface area contributed by atoms with Crippen molar-refractivity contribution in [3.63, 3.8) is 0 Å². The molecule has 0 amide bonds. The molecule has 0 unspecified atom stereocenters. The minimum Gasteiger partial charge on any atom is -0.486 e. The van der Waals surface area contributed by atoms with Crippen molar-refractivity contribution in [1.29, 1.82) is 0 Å². The maximum absolute atomic E-state index is 12.6. The summed E-state index contributed by atoms with van der Waals surface area (Å²) in [5.41, 5.74) is -0.00786. The molecule has 29 heavy (non-hydrogen) atoms. The fourth-order valence-electron chi connectivity index (χ4n) is 2.61. The van der Waals surface area contributed by atoms with Crippen LogP contribution in [0.15, 0.2) is 74.5 Å². The lowest BCUT2D eigenvalue weighted by Crippen LogP contribution is -2.05. The molecular formula is C21H13ClO7. The highest BCUT2D eigenvalue weighted by atomic mass is 35.5. The Kier molecular flexibility index (Phi) is 4.97. The van der Waals surface area contributed by atoms with Crippen molar-refractivity contribution in [2.24, 2.45) is 0 Å². The molecule has 0 aliphatic rings. The molecule has 0 saturated heterocycles. The fraction of sp³-hybridized carbons (Fsp3) is 0.0476. The second-order valence-corrected chi connectivity index (χ2v) is 6.44. The number of hydrogen-bond acceptors (Lipinski definition) is 6. The Morgan fingerprint density at radius 2 is 1.79 bits per heavy atom. The van der Waals surface area contributed by atoms with Crippen molar-refractivity contribution in [2.45, 2.75) is 6.61 Å². The molecule has 1 N–H and O–H groups in total. The molecule has 4 aromatic rings. The van der Waals surface area contributed by atoms with Gasteiger partial charge in [0.15, 0.2) is 0 Å². The number of benzene rings is 2. The lowest BCUT2D eigenvalue weighted by molar-refractivity contribution is 0.0658. The van der Waals surface area contributed by atoms with Gasteiger partial charge in [0.2, 0.25) is 16.9 Å². The van der Waals surface area contributed by atoms with Gasteiger partial charge in [-0.1, -0.05) is 11.6 Å². The number of hydrogen-bond donors (Lipinski definition) is 1. The zero-order chi connectivity index (χ0) is 20.4. The number of carboxylic acids is 1. The summed E-state index contributed by atoms with van der Waals surface area (Å²) in [6.45, 7) is 0.0286. The number of fused-ring (bicyclic) bond motifs is 1. The molecule has 2 aromatic heterocycles. The van der Waals surface area contributed by atoms with E-state index in [0.717, 1.165) is 0 Å². The minimum absolute atomic E-state index is 0.0286. The van der Waals surface area contributed by atoms with Gasteiger partial charge in [0.25, 0.3) is 0 Å². The van der Waals surface area contributed by atoms with Gasteiger partial charge in [-0.3, -0.25) is 4.79 Å². The quantitative estimate of drug-likeness (QED) is 0.469. The van der Waals surface area contributed by atoms with Gasteiger partial charge in [0, 0.05) is 11.1 Å². The summed E-state index contributed by atoms with van der Waals surface area (Å²) < 4.78 is 21.8. The molecule has 0 bridgehead atoms. The van der Waals surface area contributed by atoms with Crippen molar-refractivity contribution < 1.29 is 28.2 Å². The van der Waals surface area contributed by atoms with Gasteiger partial charge in [-0.15, -0.1) is 0 Å². The smallest absolute Gasteiger partial charge is 0.371 e. The van der Waals surface area contributed by atoms with Crippen molar-refractivity contribution >= 4 is 28.5 Å². The average molecular weight is 413 g/mol. The number of carboxylic acid groups (broad SMARTS) is 1. The molecule has 0 spiro atoms. The Bertz CT molecular complexity index is 1240. The third kappa shape index (κ3) is 4.09. The fourth-order valence-corrected chi connectivity index (χ4v) is 2.73. The number of rotatable bonds is 6. The summed E-state index contributed by atoms with van der Waals surface area (Å²) in [6, 6.07) is 14.2. The number of carbonyl (C=O) groups is 1. The van der Waals surface area contributed by atoms with Gasteiger partial charge in [0.05, 0.1) is 5.39 Å². The number of halogens is 1. The maximum Gasteiger partial charge on any atom is 0.371 e. The second kappa shape index (κ2) is 7.73. The average Bonchev–Trinajstić information content (AvgIpc) is 3.20. The molecule has 0 radical (unpaired) electrons. The molecular weight excluding hydrogens is 400 g/mol. The van der Waals surface area contributed by atoms with Crippen molar-refractivity contribution in [2.75, 3.05) is 0 Å². The highest BCUT2D eigenvalue weighted by Gasteiger charge is 2.12. The van der Waals surface area contributed by atoms with E-state index in [1.807, 2.05) is 0 Å². The Morgan fingerprint density at radius 3 is 2.52 bits per heavy atom. The van der Waals surface area contributed by atoms with E-state index in [9.17, 15) is 9.59 Å². The van der Waals surface area contributed by atoms with E-state index in [1.54, 1.807) is 42.5 Å². The van der Waals surface area contributed by atoms with Crippen LogP contribution < -0.4 is 14.9 Å². The molecule has 2 heterocycles. The Balaban J connectivity index is 1.52. The van der Waals surface area contributed by atoms with Crippen LogP contribution in [0.2, 0.25) is 5.02 Å². The van der Waals surface area contributed by atoms with Crippen molar-refractivity contribution in [1.82, 2.24) is 0 Å². The molecule has 146 valence electrons. The van der Waals surface area contributed by atoms with Gasteiger partial charge >= 0.3 is 5.97 Å². The van der Waals surface area contributed by atoms with Crippen LogP contribution in [0.4, 0.5) is 0 Å². The van der Waals surface area contributed by atoms with E-state index in [1.165, 1.54) is 18.4 Å². The van der Waals surface area contributed by atoms with E-state index in [0.29, 0.717) is 33.3 Å². The van der Waals surface area contributed by atoms with Gasteiger partial charge in [-0.2, -0.15) is 0 Å². The third-order valence-corrected chi connectivity index (χ3v) is 4.26. The first kappa shape index (κ1) is 18.6. The maximum atomic E-state index is 12.6. The first-order chi connectivity index (χ1) is 14.0. The normalized spacial score (nSPS) is 10.8. The van der Waals surface area contributed by atoms with Gasteiger partial charge in [-0.25, -0.2) is 4.79 Å². The summed E-state index contributed by atoms with van der Waals surface area (Å²) in [6.07, 6.45) is 1.23. The zero-order valence-electron chi connectivity index (χ0n) is 14.8. The number of aromatic carboxylic acids is 1. The van der Waals surface area contributed by atoms with Crippen LogP contribution >= 0.6 is 11.6 Å². The van der Waals surface area contributed by atoms with Crippen molar-refractivity contribution in [3.05, 3.63) is 87.6 Å². The molecule has 2 aromatic carbocycles. The van der Waals surface area contributed by atoms with Gasteiger partial charge in [-0.05, 0) is 48.5 Å². The predicted octanol–water partition coefficient (Wildman–Crippen LogP) is 5.11. The monoisotopic (exact) mass is 412 g/mol. The summed E-state index contributed by atoms with van der Waals surface area (Å²) in [5, 5.41) is 9.75. The highest BCUT2D eigenvalue weighted by Crippen LogP contribution is 2.25. The van der Waals surface area contributed by atoms with E-state index < -0.39 is 5.97 Å². The molecule has 8 heteroatoms. The first-order valence-electron chi connectivity index (χ1n) is 8.43. The number of ether oxygens (including phenoxy) is 2. The van der Waals surface area contributed by atoms with Crippen LogP contribution in [-0.4, -0.2) is 11.1 Å². The van der Waals surface area contributed by atoms with Crippen LogP contribution in [0.5, 0.6) is 17.2 Å². The van der Waals surface area contributed by atoms with Crippen LogP contribution in [0.25, 0.3) is 11.0 Å². The van der Waals surface area contributed by atoms with Crippen LogP contribution in [0.3, 0.4) is 0 Å². The summed E-state index contributed by atoms with van der Waals surface area (Å²) in [5.74, 6) is -0.0249. The number of furan rings is 1. The second-order valence-electron chi connectivity index (χ2n) is 6.00. The minimum atomic E-state index is -1.15. The lowest BCUT2D eigenvalue weighted by atomic mass is 10.2. The molecule has 0 atom stereocenters. The van der Waals surface area contributed by atoms with E-state index in [-0.39, 0.29) is 23.5 Å². The zero-order valence-corrected chi connectivity index (χ0v) is 15.5. The SMILES string of the molecule is O=C(O)c1ccc(COc2ccc3c(=O)c(Oc4ccc(Cl)cc4)coc3c2)o1. The molecule has 0 saturated carbocycles. The summed E-state index contributed by atoms with van der Waals surface area (Å²) in [7, 11) is 0. The van der Waals surface area contributed by atoms with E-state index >= 15 is 0 Å². The third-order valence-electron chi connectivity index (χ3n) is 4.01. The lowest BCUT2D eigenvalue weighted by Gasteiger charge is -2.07. The van der Waals surface area contributed by atoms with Crippen LogP contribution in [0.1, 0.15) is 16.3 Å². The molecule has 0 fully saturated rings. The Morgan fingerprint density at radius 1 is 1.03 bits per heavy atom. The molecule has 0 aliphatic heterocycles. The van der Waals surface area contributed by atoms with E-state index in [2.05, 4.69) is 0 Å².